The van der Waals surface area contributed by atoms with E-state index in [4.69, 9.17) is 4.74 Å². The Morgan fingerprint density at radius 1 is 1.11 bits per heavy atom. The number of nitrogens with zero attached hydrogens (tertiary/aromatic N) is 2. The number of carbonyl (C=O) groups excluding carboxylic acids is 1. The van der Waals surface area contributed by atoms with E-state index in [1.165, 1.54) is 17.2 Å². The number of halogens is 1. The van der Waals surface area contributed by atoms with Gasteiger partial charge in [0.2, 0.25) is 0 Å². The summed E-state index contributed by atoms with van der Waals surface area (Å²) in [6.45, 7) is 8.26. The number of rotatable bonds is 6. The predicted molar refractivity (Wildman–Crippen MR) is 140 cm³/mol. The maximum absolute atomic E-state index is 13.9. The second-order valence-electron chi connectivity index (χ2n) is 11.2. The minimum atomic E-state index is -0.237. The Morgan fingerprint density at radius 3 is 2.64 bits per heavy atom. The second-order valence-corrected chi connectivity index (χ2v) is 11.2. The molecule has 0 radical (unpaired) electrons. The number of esters is 1. The summed E-state index contributed by atoms with van der Waals surface area (Å²) in [4.78, 5) is 19.1. The van der Waals surface area contributed by atoms with Crippen molar-refractivity contribution >= 4 is 11.7 Å². The van der Waals surface area contributed by atoms with Gasteiger partial charge in [0.25, 0.3) is 0 Å². The average molecular weight is 488 g/mol. The zero-order valence-electron chi connectivity index (χ0n) is 21.2. The summed E-state index contributed by atoms with van der Waals surface area (Å²) in [5.41, 5.74) is 5.25. The lowest BCUT2D eigenvalue weighted by Crippen LogP contribution is -2.42. The summed E-state index contributed by atoms with van der Waals surface area (Å²) in [5.74, 6) is -0.0946. The van der Waals surface area contributed by atoms with Crippen molar-refractivity contribution in [3.8, 4) is 11.1 Å². The van der Waals surface area contributed by atoms with Crippen molar-refractivity contribution in [1.29, 1.82) is 0 Å². The van der Waals surface area contributed by atoms with Crippen LogP contribution >= 0.6 is 0 Å². The van der Waals surface area contributed by atoms with Crippen LogP contribution < -0.4 is 5.32 Å². The molecule has 0 bridgehead atoms. The van der Waals surface area contributed by atoms with Gasteiger partial charge in [-0.15, -0.1) is 0 Å². The van der Waals surface area contributed by atoms with Crippen LogP contribution in [-0.4, -0.2) is 35.0 Å². The van der Waals surface area contributed by atoms with Crippen LogP contribution in [0.3, 0.4) is 0 Å². The van der Waals surface area contributed by atoms with E-state index in [-0.39, 0.29) is 29.3 Å². The minimum Gasteiger partial charge on any atom is -0.463 e. The fraction of sp³-hybridized carbons (Fsp3) is 0.400. The van der Waals surface area contributed by atoms with Gasteiger partial charge >= 0.3 is 5.97 Å². The van der Waals surface area contributed by atoms with E-state index in [9.17, 15) is 9.18 Å². The van der Waals surface area contributed by atoms with Gasteiger partial charge in [0.15, 0.2) is 0 Å². The van der Waals surface area contributed by atoms with E-state index in [1.54, 1.807) is 12.1 Å². The van der Waals surface area contributed by atoms with Gasteiger partial charge in [-0.3, -0.25) is 14.7 Å². The van der Waals surface area contributed by atoms with Crippen molar-refractivity contribution in [3.63, 3.8) is 0 Å². The predicted octanol–water partition coefficient (Wildman–Crippen LogP) is 6.22. The van der Waals surface area contributed by atoms with E-state index >= 15 is 0 Å². The molecule has 0 unspecified atom stereocenters. The summed E-state index contributed by atoms with van der Waals surface area (Å²) >= 11 is 0. The Labute approximate surface area is 212 Å². The Morgan fingerprint density at radius 2 is 1.89 bits per heavy atom. The highest BCUT2D eigenvalue weighted by molar-refractivity contribution is 5.71. The lowest BCUT2D eigenvalue weighted by Gasteiger charge is -2.40. The summed E-state index contributed by atoms with van der Waals surface area (Å²) in [7, 11) is 0. The van der Waals surface area contributed by atoms with Crippen molar-refractivity contribution in [2.45, 2.75) is 52.2 Å². The van der Waals surface area contributed by atoms with Gasteiger partial charge in [-0.1, -0.05) is 39.0 Å². The molecule has 1 N–H and O–H groups in total. The van der Waals surface area contributed by atoms with Crippen LogP contribution in [0, 0.1) is 17.2 Å². The first-order valence-electron chi connectivity index (χ1n) is 12.7. The molecule has 1 saturated heterocycles. The number of hydrogen-bond donors (Lipinski definition) is 1. The number of fused-ring (bicyclic) bond motifs is 3. The van der Waals surface area contributed by atoms with E-state index in [2.05, 4.69) is 39.5 Å². The molecule has 5 rings (SSSR count). The van der Waals surface area contributed by atoms with Crippen molar-refractivity contribution in [2.75, 3.05) is 18.5 Å². The molecule has 0 amide bonds. The molecule has 0 aliphatic carbocycles. The normalized spacial score (nSPS) is 21.4. The number of carbonyl (C=O) groups is 1. The quantitative estimate of drug-likeness (QED) is 0.418. The lowest BCUT2D eigenvalue weighted by atomic mass is 9.82. The maximum Gasteiger partial charge on any atom is 0.306 e. The van der Waals surface area contributed by atoms with Crippen molar-refractivity contribution in [3.05, 3.63) is 83.9 Å². The smallest absolute Gasteiger partial charge is 0.306 e. The number of pyridine rings is 1. The van der Waals surface area contributed by atoms with Crippen molar-refractivity contribution < 1.29 is 13.9 Å². The van der Waals surface area contributed by atoms with E-state index in [1.807, 2.05) is 45.3 Å². The summed E-state index contributed by atoms with van der Waals surface area (Å²) in [6, 6.07) is 17.4. The van der Waals surface area contributed by atoms with Gasteiger partial charge in [-0.2, -0.15) is 0 Å². The highest BCUT2D eigenvalue weighted by Gasteiger charge is 2.44. The molecule has 3 aromatic rings. The van der Waals surface area contributed by atoms with E-state index < -0.39 is 0 Å². The van der Waals surface area contributed by atoms with E-state index in [0.717, 1.165) is 36.3 Å². The Kier molecular flexibility index (Phi) is 6.80. The number of aromatic nitrogens is 1. The molecule has 6 heteroatoms. The van der Waals surface area contributed by atoms with Gasteiger partial charge in [0, 0.05) is 36.6 Å². The molecule has 188 valence electrons. The third-order valence-corrected chi connectivity index (χ3v) is 7.17. The Balaban J connectivity index is 1.45. The molecule has 0 saturated carbocycles. The number of anilines is 1. The fourth-order valence-electron chi connectivity index (χ4n) is 5.56. The van der Waals surface area contributed by atoms with Crippen molar-refractivity contribution in [2.24, 2.45) is 11.3 Å². The summed E-state index contributed by atoms with van der Waals surface area (Å²) in [5, 5.41) is 3.67. The van der Waals surface area contributed by atoms with Crippen LogP contribution in [0.5, 0.6) is 0 Å². The van der Waals surface area contributed by atoms with Crippen LogP contribution in [0.4, 0.5) is 10.1 Å². The maximum atomic E-state index is 13.9. The summed E-state index contributed by atoms with van der Waals surface area (Å²) < 4.78 is 19.7. The number of benzene rings is 2. The first-order chi connectivity index (χ1) is 17.3. The highest BCUT2D eigenvalue weighted by Crippen LogP contribution is 2.48. The number of likely N-dealkylation sites (tertiary alicyclic amines) is 1. The Hall–Kier alpha value is -3.25. The molecule has 2 aromatic carbocycles. The van der Waals surface area contributed by atoms with Crippen LogP contribution in [0.25, 0.3) is 11.1 Å². The zero-order valence-corrected chi connectivity index (χ0v) is 21.2. The first-order valence-corrected chi connectivity index (χ1v) is 12.7. The zero-order chi connectivity index (χ0) is 25.3. The monoisotopic (exact) mass is 487 g/mol. The molecule has 2 aliphatic heterocycles. The molecule has 2 aliphatic rings. The van der Waals surface area contributed by atoms with Crippen LogP contribution in [-0.2, 0) is 16.1 Å². The minimum absolute atomic E-state index is 0.0360. The standard InChI is InChI=1S/C30H34FN3O2/c1-30(2,3)17-28(35)36-19-27-24-11-14-34(18-20-9-12-32-13-10-20)29(24)25-16-22(7-8-26(25)33-27)21-5-4-6-23(31)15-21/h4-10,12-13,15-16,24,27,29,33H,11,14,17-19H2,1-3H3/t24-,27-,29-/m1/s1. The second kappa shape index (κ2) is 10.0. The molecule has 3 atom stereocenters. The number of ether oxygens (including phenoxy) is 1. The largest absolute Gasteiger partial charge is 0.463 e. The number of nitrogens with one attached hydrogen (secondary N) is 1. The first kappa shape index (κ1) is 24.4. The fourth-order valence-corrected chi connectivity index (χ4v) is 5.56. The van der Waals surface area contributed by atoms with Gasteiger partial charge in [-0.05, 0) is 77.0 Å². The molecule has 1 aromatic heterocycles. The molecular formula is C30H34FN3O2. The lowest BCUT2D eigenvalue weighted by molar-refractivity contribution is -0.146. The third kappa shape index (κ3) is 5.44. The SMILES string of the molecule is CC(C)(C)CC(=O)OC[C@H]1Nc2ccc(-c3cccc(F)c3)cc2[C@H]2[C@@H]1CCN2Cc1ccncc1. The van der Waals surface area contributed by atoms with Crippen LogP contribution in [0.1, 0.15) is 50.8 Å². The average Bonchev–Trinajstić information content (AvgIpc) is 3.26. The highest BCUT2D eigenvalue weighted by atomic mass is 19.1. The molecule has 0 spiro atoms. The van der Waals surface area contributed by atoms with Crippen LogP contribution in [0.2, 0.25) is 0 Å². The molecular weight excluding hydrogens is 453 g/mol. The van der Waals surface area contributed by atoms with Gasteiger partial charge in [0.1, 0.15) is 12.4 Å². The molecule has 36 heavy (non-hydrogen) atoms. The Bertz CT molecular complexity index is 1220. The third-order valence-electron chi connectivity index (χ3n) is 7.17. The molecule has 1 fully saturated rings. The van der Waals surface area contributed by atoms with Crippen LogP contribution in [0.15, 0.2) is 67.0 Å². The van der Waals surface area contributed by atoms with Crippen molar-refractivity contribution in [1.82, 2.24) is 9.88 Å². The summed E-state index contributed by atoms with van der Waals surface area (Å²) in [6.07, 6.45) is 5.07. The van der Waals surface area contributed by atoms with Gasteiger partial charge in [0.05, 0.1) is 12.5 Å². The van der Waals surface area contributed by atoms with Gasteiger partial charge < -0.3 is 10.1 Å². The van der Waals surface area contributed by atoms with E-state index in [0.29, 0.717) is 18.9 Å². The molecule has 5 nitrogen and oxygen atoms in total. The van der Waals surface area contributed by atoms with Gasteiger partial charge in [-0.25, -0.2) is 4.39 Å². The molecule has 3 heterocycles. The topological polar surface area (TPSA) is 54.5 Å². The number of hydrogen-bond acceptors (Lipinski definition) is 5.